The van der Waals surface area contributed by atoms with E-state index in [4.69, 9.17) is 15.2 Å². The summed E-state index contributed by atoms with van der Waals surface area (Å²) in [4.78, 5) is 13.6. The van der Waals surface area contributed by atoms with Gasteiger partial charge in [0, 0.05) is 18.9 Å². The van der Waals surface area contributed by atoms with Gasteiger partial charge < -0.3 is 41.0 Å². The zero-order chi connectivity index (χ0) is 29.4. The van der Waals surface area contributed by atoms with E-state index in [1.165, 1.54) is 19.6 Å². The quantitative estimate of drug-likeness (QED) is 0.194. The van der Waals surface area contributed by atoms with Gasteiger partial charge in [-0.15, -0.1) is 0 Å². The van der Waals surface area contributed by atoms with E-state index in [-0.39, 0.29) is 41.3 Å². The normalized spacial score (nSPS) is 17.1. The first kappa shape index (κ1) is 30.1. The van der Waals surface area contributed by atoms with Gasteiger partial charge in [-0.25, -0.2) is 0 Å². The fourth-order valence-corrected chi connectivity index (χ4v) is 5.56. The number of ketones is 1. The minimum absolute atomic E-state index is 0.00208. The number of hydrogen-bond acceptors (Lipinski definition) is 9. The molecule has 7 N–H and O–H groups in total. The number of aliphatic hydroxyl groups is 1. The molecule has 2 aromatic carbocycles. The van der Waals surface area contributed by atoms with Crippen LogP contribution in [0.15, 0.2) is 53.9 Å². The number of aryl methyl sites for hydroxylation is 2. The lowest BCUT2D eigenvalue weighted by Crippen LogP contribution is -2.31. The summed E-state index contributed by atoms with van der Waals surface area (Å²) in [6, 6.07) is 8.19. The number of dihydropyridines is 1. The van der Waals surface area contributed by atoms with Gasteiger partial charge >= 0.3 is 0 Å². The molecule has 0 radical (unpaired) electrons. The Bertz CT molecular complexity index is 1270. The van der Waals surface area contributed by atoms with Crippen molar-refractivity contribution in [3.63, 3.8) is 0 Å². The van der Waals surface area contributed by atoms with E-state index in [1.807, 2.05) is 6.08 Å². The standard InChI is InChI=1S/C32H42N2O7/c1-40-29-17-20(8-12-27(29)37)7-10-25(35)24(15-22-13-14-34-31(33)19-22)26(36)11-9-21-16-28(38)32(39)30(18-21)41-23-5-3-2-4-6-23/h8,12-13,16-19,23-25,34-35,37-39H,2-7,9-11,14-15,33H2,1H3. The van der Waals surface area contributed by atoms with Crippen molar-refractivity contribution in [2.24, 2.45) is 11.7 Å². The predicted octanol–water partition coefficient (Wildman–Crippen LogP) is 4.35. The summed E-state index contributed by atoms with van der Waals surface area (Å²) >= 11 is 0. The summed E-state index contributed by atoms with van der Waals surface area (Å²) in [5.41, 5.74) is 8.38. The van der Waals surface area contributed by atoms with E-state index in [0.29, 0.717) is 49.4 Å². The number of aliphatic hydroxyl groups excluding tert-OH is 1. The fourth-order valence-electron chi connectivity index (χ4n) is 5.56. The molecule has 0 amide bonds. The van der Waals surface area contributed by atoms with Crippen molar-refractivity contribution in [3.05, 3.63) is 65.0 Å². The van der Waals surface area contributed by atoms with Crippen LogP contribution >= 0.6 is 0 Å². The number of rotatable bonds is 13. The van der Waals surface area contributed by atoms with E-state index in [9.17, 15) is 25.2 Å². The number of carbonyl (C=O) groups excluding carboxylic acids is 1. The van der Waals surface area contributed by atoms with Crippen molar-refractivity contribution < 1.29 is 34.7 Å². The van der Waals surface area contributed by atoms with Gasteiger partial charge in [0.25, 0.3) is 0 Å². The summed E-state index contributed by atoms with van der Waals surface area (Å²) in [6.07, 6.45) is 9.61. The topological polar surface area (TPSA) is 154 Å². The summed E-state index contributed by atoms with van der Waals surface area (Å²) in [6.45, 7) is 0.554. The molecule has 1 aliphatic carbocycles. The number of benzene rings is 2. The summed E-state index contributed by atoms with van der Waals surface area (Å²) in [7, 11) is 1.48. The van der Waals surface area contributed by atoms with Crippen LogP contribution in [0.4, 0.5) is 0 Å². The number of Topliss-reactive ketones (excluding diaryl/α,β-unsaturated/α-hetero) is 1. The third kappa shape index (κ3) is 8.33. The van der Waals surface area contributed by atoms with Gasteiger partial charge in [0.1, 0.15) is 5.78 Å². The molecule has 1 saturated carbocycles. The smallest absolute Gasteiger partial charge is 0.200 e. The first-order chi connectivity index (χ1) is 19.7. The maximum Gasteiger partial charge on any atom is 0.200 e. The Morgan fingerprint density at radius 1 is 1.02 bits per heavy atom. The number of phenols is 3. The molecule has 0 spiro atoms. The Hall–Kier alpha value is -3.85. The Morgan fingerprint density at radius 3 is 2.51 bits per heavy atom. The molecule has 0 saturated heterocycles. The Morgan fingerprint density at radius 2 is 1.78 bits per heavy atom. The second kappa shape index (κ2) is 14.2. The Balaban J connectivity index is 1.45. The van der Waals surface area contributed by atoms with Crippen LogP contribution in [0.3, 0.4) is 0 Å². The zero-order valence-electron chi connectivity index (χ0n) is 23.6. The second-order valence-electron chi connectivity index (χ2n) is 11.0. The number of aromatic hydroxyl groups is 3. The van der Waals surface area contributed by atoms with Crippen LogP contribution in [0.25, 0.3) is 0 Å². The average molecular weight is 567 g/mol. The molecule has 2 atom stereocenters. The van der Waals surface area contributed by atoms with E-state index >= 15 is 0 Å². The van der Waals surface area contributed by atoms with E-state index in [2.05, 4.69) is 5.32 Å². The number of allylic oxidation sites excluding steroid dienone is 2. The van der Waals surface area contributed by atoms with Crippen molar-refractivity contribution in [2.45, 2.75) is 76.4 Å². The van der Waals surface area contributed by atoms with Gasteiger partial charge in [-0.3, -0.25) is 4.79 Å². The number of nitrogens with two attached hydrogens (primary N) is 1. The summed E-state index contributed by atoms with van der Waals surface area (Å²) in [5.74, 6) is -0.173. The molecule has 0 aromatic heterocycles. The van der Waals surface area contributed by atoms with Gasteiger partial charge in [-0.2, -0.15) is 0 Å². The van der Waals surface area contributed by atoms with Crippen molar-refractivity contribution >= 4 is 5.78 Å². The molecule has 4 rings (SSSR count). The van der Waals surface area contributed by atoms with Crippen LogP contribution < -0.4 is 20.5 Å². The second-order valence-corrected chi connectivity index (χ2v) is 11.0. The van der Waals surface area contributed by atoms with Gasteiger partial charge in [0.2, 0.25) is 5.75 Å². The highest BCUT2D eigenvalue weighted by molar-refractivity contribution is 5.82. The third-order valence-corrected chi connectivity index (χ3v) is 7.94. The lowest BCUT2D eigenvalue weighted by Gasteiger charge is -2.25. The molecule has 1 heterocycles. The number of methoxy groups -OCH3 is 1. The SMILES string of the molecule is COc1cc(CCC(O)C(CC2=CCNC(N)=C2)C(=O)CCc2cc(O)c(O)c(OC3CCCCC3)c2)ccc1O. The van der Waals surface area contributed by atoms with Gasteiger partial charge in [0.05, 0.1) is 25.1 Å². The van der Waals surface area contributed by atoms with E-state index in [0.717, 1.165) is 36.8 Å². The lowest BCUT2D eigenvalue weighted by atomic mass is 9.84. The number of phenolic OH excluding ortho intramolecular Hbond substituents is 3. The largest absolute Gasteiger partial charge is 0.504 e. The maximum absolute atomic E-state index is 13.6. The van der Waals surface area contributed by atoms with E-state index in [1.54, 1.807) is 30.3 Å². The van der Waals surface area contributed by atoms with Crippen LogP contribution in [0, 0.1) is 5.92 Å². The number of carbonyl (C=O) groups is 1. The molecule has 1 fully saturated rings. The molecular formula is C32H42N2O7. The van der Waals surface area contributed by atoms with Crippen LogP contribution in [0.2, 0.25) is 0 Å². The highest BCUT2D eigenvalue weighted by Gasteiger charge is 2.28. The van der Waals surface area contributed by atoms with Crippen LogP contribution in [0.1, 0.15) is 62.5 Å². The van der Waals surface area contributed by atoms with Crippen molar-refractivity contribution in [3.8, 4) is 28.7 Å². The number of hydrogen-bond donors (Lipinski definition) is 6. The van der Waals surface area contributed by atoms with Crippen molar-refractivity contribution in [2.75, 3.05) is 13.7 Å². The third-order valence-electron chi connectivity index (χ3n) is 7.94. The summed E-state index contributed by atoms with van der Waals surface area (Å²) in [5, 5.41) is 44.8. The van der Waals surface area contributed by atoms with E-state index < -0.39 is 12.0 Å². The average Bonchev–Trinajstić information content (AvgIpc) is 2.97. The molecule has 0 bridgehead atoms. The molecule has 2 unspecified atom stereocenters. The van der Waals surface area contributed by atoms with Crippen molar-refractivity contribution in [1.29, 1.82) is 0 Å². The number of nitrogens with one attached hydrogen (secondary N) is 1. The summed E-state index contributed by atoms with van der Waals surface area (Å²) < 4.78 is 11.2. The molecule has 2 aromatic rings. The van der Waals surface area contributed by atoms with Crippen LogP contribution in [0.5, 0.6) is 28.7 Å². The van der Waals surface area contributed by atoms with Crippen LogP contribution in [-0.4, -0.2) is 52.1 Å². The minimum Gasteiger partial charge on any atom is -0.504 e. The molecule has 41 heavy (non-hydrogen) atoms. The van der Waals surface area contributed by atoms with Gasteiger partial charge in [0.15, 0.2) is 23.0 Å². The van der Waals surface area contributed by atoms with Gasteiger partial charge in [-0.1, -0.05) is 18.6 Å². The Labute approximate surface area is 241 Å². The first-order valence-corrected chi connectivity index (χ1v) is 14.4. The molecule has 2 aliphatic rings. The monoisotopic (exact) mass is 566 g/mol. The first-order valence-electron chi connectivity index (χ1n) is 14.4. The predicted molar refractivity (Wildman–Crippen MR) is 156 cm³/mol. The van der Waals surface area contributed by atoms with Gasteiger partial charge in [-0.05, 0) is 98.4 Å². The number of ether oxygens (including phenoxy) is 2. The molecular weight excluding hydrogens is 524 g/mol. The highest BCUT2D eigenvalue weighted by atomic mass is 16.5. The van der Waals surface area contributed by atoms with Crippen LogP contribution in [-0.2, 0) is 17.6 Å². The molecule has 9 nitrogen and oxygen atoms in total. The zero-order valence-corrected chi connectivity index (χ0v) is 23.6. The lowest BCUT2D eigenvalue weighted by molar-refractivity contribution is -0.126. The van der Waals surface area contributed by atoms with Crippen molar-refractivity contribution in [1.82, 2.24) is 5.32 Å². The molecule has 1 aliphatic heterocycles. The molecule has 222 valence electrons. The molecule has 9 heteroatoms. The Kier molecular flexibility index (Phi) is 10.4. The fraction of sp³-hybridized carbons (Fsp3) is 0.469. The minimum atomic E-state index is -0.911. The highest BCUT2D eigenvalue weighted by Crippen LogP contribution is 2.39. The maximum atomic E-state index is 13.6.